The molecule has 0 aromatic carbocycles. The van der Waals surface area contributed by atoms with Crippen molar-refractivity contribution >= 4 is 22.6 Å². The fourth-order valence-electron chi connectivity index (χ4n) is 1.18. The van der Waals surface area contributed by atoms with Gasteiger partial charge in [0.25, 0.3) is 5.56 Å². The van der Waals surface area contributed by atoms with E-state index in [0.29, 0.717) is 23.3 Å². The lowest BCUT2D eigenvalue weighted by molar-refractivity contribution is 0.137. The highest BCUT2D eigenvalue weighted by Gasteiger charge is 2.06. The number of rotatable bonds is 4. The molecule has 1 heterocycles. The SMILES string of the molecule is CCOCCn1c(=O)c(I)cn(C)c1=O. The third kappa shape index (κ3) is 2.91. The molecule has 0 N–H and O–H groups in total. The van der Waals surface area contributed by atoms with Gasteiger partial charge in [-0.25, -0.2) is 4.79 Å². The predicted molar refractivity (Wildman–Crippen MR) is 65.2 cm³/mol. The zero-order valence-corrected chi connectivity index (χ0v) is 10.9. The second kappa shape index (κ2) is 5.45. The molecule has 0 bridgehead atoms. The molecule has 5 nitrogen and oxygen atoms in total. The summed E-state index contributed by atoms with van der Waals surface area (Å²) < 4.78 is 8.24. The molecule has 0 aliphatic rings. The maximum absolute atomic E-state index is 11.6. The van der Waals surface area contributed by atoms with E-state index in [4.69, 9.17) is 4.74 Å². The van der Waals surface area contributed by atoms with Crippen LogP contribution in [0.25, 0.3) is 0 Å². The van der Waals surface area contributed by atoms with Crippen LogP contribution in [0.2, 0.25) is 0 Å². The Balaban J connectivity index is 3.05. The first-order valence-corrected chi connectivity index (χ1v) is 5.69. The van der Waals surface area contributed by atoms with Gasteiger partial charge in [0.1, 0.15) is 0 Å². The van der Waals surface area contributed by atoms with Crippen molar-refractivity contribution in [1.82, 2.24) is 9.13 Å². The Morgan fingerprint density at radius 1 is 1.47 bits per heavy atom. The molecule has 15 heavy (non-hydrogen) atoms. The standard InChI is InChI=1S/C9H13IN2O3/c1-3-15-5-4-12-8(13)7(10)6-11(2)9(12)14/h6H,3-5H2,1-2H3. The van der Waals surface area contributed by atoms with E-state index < -0.39 is 0 Å². The summed E-state index contributed by atoms with van der Waals surface area (Å²) in [6, 6.07) is 0. The van der Waals surface area contributed by atoms with Crippen LogP contribution < -0.4 is 11.2 Å². The van der Waals surface area contributed by atoms with Crippen LogP contribution in [0.3, 0.4) is 0 Å². The number of ether oxygens (including phenoxy) is 1. The summed E-state index contributed by atoms with van der Waals surface area (Å²) in [6.07, 6.45) is 1.53. The Kier molecular flexibility index (Phi) is 4.52. The molecule has 0 fully saturated rings. The van der Waals surface area contributed by atoms with Crippen LogP contribution in [-0.2, 0) is 18.3 Å². The molecule has 0 unspecified atom stereocenters. The molecule has 84 valence electrons. The van der Waals surface area contributed by atoms with E-state index in [1.165, 1.54) is 15.3 Å². The van der Waals surface area contributed by atoms with Crippen LogP contribution in [0.5, 0.6) is 0 Å². The summed E-state index contributed by atoms with van der Waals surface area (Å²) in [7, 11) is 1.63. The highest BCUT2D eigenvalue weighted by Crippen LogP contribution is 1.92. The normalized spacial score (nSPS) is 10.6. The van der Waals surface area contributed by atoms with Crippen molar-refractivity contribution in [3.05, 3.63) is 30.6 Å². The van der Waals surface area contributed by atoms with Crippen molar-refractivity contribution < 1.29 is 4.74 Å². The summed E-state index contributed by atoms with van der Waals surface area (Å²) in [6.45, 7) is 3.14. The van der Waals surface area contributed by atoms with Crippen molar-refractivity contribution in [2.24, 2.45) is 7.05 Å². The lowest BCUT2D eigenvalue weighted by Crippen LogP contribution is -2.40. The second-order valence-corrected chi connectivity index (χ2v) is 4.19. The molecule has 1 aromatic heterocycles. The maximum Gasteiger partial charge on any atom is 0.330 e. The van der Waals surface area contributed by atoms with E-state index in [2.05, 4.69) is 0 Å². The molecule has 0 aliphatic carbocycles. The minimum Gasteiger partial charge on any atom is -0.380 e. The highest BCUT2D eigenvalue weighted by molar-refractivity contribution is 14.1. The van der Waals surface area contributed by atoms with Gasteiger partial charge in [-0.05, 0) is 29.5 Å². The van der Waals surface area contributed by atoms with Crippen molar-refractivity contribution in [2.45, 2.75) is 13.5 Å². The van der Waals surface area contributed by atoms with Gasteiger partial charge in [-0.1, -0.05) is 0 Å². The molecular weight excluding hydrogens is 311 g/mol. The van der Waals surface area contributed by atoms with E-state index in [1.807, 2.05) is 29.5 Å². The largest absolute Gasteiger partial charge is 0.380 e. The first kappa shape index (κ1) is 12.4. The average molecular weight is 324 g/mol. The Bertz CT molecular complexity index is 415. The van der Waals surface area contributed by atoms with Crippen molar-refractivity contribution in [1.29, 1.82) is 0 Å². The third-order valence-corrected chi connectivity index (χ3v) is 2.69. The monoisotopic (exact) mass is 324 g/mol. The van der Waals surface area contributed by atoms with Gasteiger partial charge in [-0.2, -0.15) is 0 Å². The zero-order valence-electron chi connectivity index (χ0n) is 8.70. The van der Waals surface area contributed by atoms with E-state index in [9.17, 15) is 9.59 Å². The fraction of sp³-hybridized carbons (Fsp3) is 0.556. The van der Waals surface area contributed by atoms with E-state index in [-0.39, 0.29) is 11.2 Å². The molecule has 1 aromatic rings. The van der Waals surface area contributed by atoms with Crippen LogP contribution in [0.4, 0.5) is 0 Å². The molecular formula is C9H13IN2O3. The van der Waals surface area contributed by atoms with Gasteiger partial charge in [-0.3, -0.25) is 9.36 Å². The first-order valence-electron chi connectivity index (χ1n) is 4.61. The van der Waals surface area contributed by atoms with E-state index in [1.54, 1.807) is 7.05 Å². The second-order valence-electron chi connectivity index (χ2n) is 3.02. The van der Waals surface area contributed by atoms with Crippen molar-refractivity contribution in [3.63, 3.8) is 0 Å². The third-order valence-electron chi connectivity index (χ3n) is 1.95. The molecule has 0 saturated carbocycles. The number of aromatic nitrogens is 2. The van der Waals surface area contributed by atoms with Gasteiger partial charge < -0.3 is 9.30 Å². The van der Waals surface area contributed by atoms with Crippen LogP contribution in [0.1, 0.15) is 6.92 Å². The first-order chi connectivity index (χ1) is 7.07. The van der Waals surface area contributed by atoms with Crippen LogP contribution in [0.15, 0.2) is 15.8 Å². The van der Waals surface area contributed by atoms with Crippen LogP contribution >= 0.6 is 22.6 Å². The summed E-state index contributed by atoms with van der Waals surface area (Å²) in [5.74, 6) is 0. The minimum atomic E-state index is -0.305. The number of hydrogen-bond acceptors (Lipinski definition) is 3. The molecule has 0 atom stereocenters. The van der Waals surface area contributed by atoms with Gasteiger partial charge in [-0.15, -0.1) is 0 Å². The maximum atomic E-state index is 11.6. The van der Waals surface area contributed by atoms with E-state index >= 15 is 0 Å². The molecule has 0 radical (unpaired) electrons. The number of hydrogen-bond donors (Lipinski definition) is 0. The summed E-state index contributed by atoms with van der Waals surface area (Å²) >= 11 is 1.92. The molecule has 0 amide bonds. The van der Waals surface area contributed by atoms with Gasteiger partial charge in [0.15, 0.2) is 0 Å². The van der Waals surface area contributed by atoms with Crippen molar-refractivity contribution in [3.8, 4) is 0 Å². The smallest absolute Gasteiger partial charge is 0.330 e. The van der Waals surface area contributed by atoms with E-state index in [0.717, 1.165) is 0 Å². The molecule has 0 spiro atoms. The number of aryl methyl sites for hydroxylation is 1. The fourth-order valence-corrected chi connectivity index (χ4v) is 1.89. The highest BCUT2D eigenvalue weighted by atomic mass is 127. The Labute approximate surface area is 101 Å². The lowest BCUT2D eigenvalue weighted by atomic mass is 10.5. The van der Waals surface area contributed by atoms with Crippen LogP contribution in [0, 0.1) is 3.57 Å². The number of nitrogens with zero attached hydrogens (tertiary/aromatic N) is 2. The van der Waals surface area contributed by atoms with Crippen LogP contribution in [-0.4, -0.2) is 22.3 Å². The lowest BCUT2D eigenvalue weighted by Gasteiger charge is -2.07. The van der Waals surface area contributed by atoms with Gasteiger partial charge in [0.2, 0.25) is 0 Å². The number of halogens is 1. The summed E-state index contributed by atoms with van der Waals surface area (Å²) in [5.41, 5.74) is -0.557. The Morgan fingerprint density at radius 2 is 2.13 bits per heavy atom. The minimum absolute atomic E-state index is 0.251. The summed E-state index contributed by atoms with van der Waals surface area (Å²) in [4.78, 5) is 23.2. The van der Waals surface area contributed by atoms with Gasteiger partial charge >= 0.3 is 5.69 Å². The van der Waals surface area contributed by atoms with Crippen molar-refractivity contribution in [2.75, 3.05) is 13.2 Å². The molecule has 0 saturated heterocycles. The quantitative estimate of drug-likeness (QED) is 0.587. The Morgan fingerprint density at radius 3 is 2.73 bits per heavy atom. The van der Waals surface area contributed by atoms with Gasteiger partial charge in [0, 0.05) is 19.9 Å². The topological polar surface area (TPSA) is 53.2 Å². The summed E-state index contributed by atoms with van der Waals surface area (Å²) in [5, 5.41) is 0. The molecule has 0 aliphatic heterocycles. The average Bonchev–Trinajstić information content (AvgIpc) is 2.20. The molecule has 1 rings (SSSR count). The Hall–Kier alpha value is -0.630. The predicted octanol–water partition coefficient (Wildman–Crippen LogP) is 0.188. The van der Waals surface area contributed by atoms with Gasteiger partial charge in [0.05, 0.1) is 16.7 Å². The molecule has 6 heteroatoms. The zero-order chi connectivity index (χ0) is 11.4.